The monoisotopic (exact) mass is 279 g/mol. The Balaban J connectivity index is 2.16. The second kappa shape index (κ2) is 6.02. The average Bonchev–Trinajstić information content (AvgIpc) is 3.20. The molecule has 1 N–H and O–H groups in total. The molecule has 0 aromatic heterocycles. The highest BCUT2D eigenvalue weighted by atomic mass is 16.5. The van der Waals surface area contributed by atoms with Crippen LogP contribution in [0.5, 0.6) is 11.5 Å². The molecule has 20 heavy (non-hydrogen) atoms. The van der Waals surface area contributed by atoms with Crippen molar-refractivity contribution in [3.63, 3.8) is 0 Å². The minimum Gasteiger partial charge on any atom is -0.497 e. The molecule has 4 nitrogen and oxygen atoms in total. The van der Waals surface area contributed by atoms with E-state index >= 15 is 0 Å². The summed E-state index contributed by atoms with van der Waals surface area (Å²) >= 11 is 0. The van der Waals surface area contributed by atoms with Crippen LogP contribution in [0.2, 0.25) is 0 Å². The molecule has 112 valence electrons. The van der Waals surface area contributed by atoms with E-state index in [2.05, 4.69) is 4.90 Å². The lowest BCUT2D eigenvalue weighted by atomic mass is 10.1. The summed E-state index contributed by atoms with van der Waals surface area (Å²) in [5, 5.41) is 10.1. The normalized spacial score (nSPS) is 15.5. The fraction of sp³-hybridized carbons (Fsp3) is 0.625. The molecule has 1 saturated carbocycles. The van der Waals surface area contributed by atoms with Crippen LogP contribution in [0.3, 0.4) is 0 Å². The molecule has 1 aliphatic carbocycles. The summed E-state index contributed by atoms with van der Waals surface area (Å²) in [5.41, 5.74) is 0.414. The molecule has 0 saturated heterocycles. The van der Waals surface area contributed by atoms with Crippen LogP contribution in [0.4, 0.5) is 0 Å². The highest BCUT2D eigenvalue weighted by Gasteiger charge is 2.32. The van der Waals surface area contributed by atoms with E-state index in [4.69, 9.17) is 9.47 Å². The summed E-state index contributed by atoms with van der Waals surface area (Å²) < 4.78 is 10.7. The maximum atomic E-state index is 10.1. The molecule has 2 rings (SSSR count). The van der Waals surface area contributed by atoms with Crippen LogP contribution in [0.15, 0.2) is 18.2 Å². The van der Waals surface area contributed by atoms with Crippen molar-refractivity contribution in [3.8, 4) is 11.5 Å². The lowest BCUT2D eigenvalue weighted by Crippen LogP contribution is -2.39. The Bertz CT molecular complexity index is 450. The first-order valence-electron chi connectivity index (χ1n) is 7.10. The van der Waals surface area contributed by atoms with Gasteiger partial charge in [0.05, 0.1) is 19.8 Å². The Morgan fingerprint density at radius 1 is 1.25 bits per heavy atom. The number of ether oxygens (including phenoxy) is 2. The van der Waals surface area contributed by atoms with Gasteiger partial charge in [0, 0.05) is 24.7 Å². The van der Waals surface area contributed by atoms with Crippen LogP contribution in [0.25, 0.3) is 0 Å². The first-order chi connectivity index (χ1) is 9.43. The van der Waals surface area contributed by atoms with Gasteiger partial charge in [-0.1, -0.05) is 0 Å². The number of hydrogen-bond donors (Lipinski definition) is 1. The third kappa shape index (κ3) is 4.12. The van der Waals surface area contributed by atoms with Gasteiger partial charge in [-0.15, -0.1) is 0 Å². The van der Waals surface area contributed by atoms with E-state index < -0.39 is 5.60 Å². The van der Waals surface area contributed by atoms with E-state index in [1.807, 2.05) is 32.0 Å². The van der Waals surface area contributed by atoms with E-state index in [0.717, 1.165) is 23.6 Å². The summed E-state index contributed by atoms with van der Waals surface area (Å²) in [6.45, 7) is 5.14. The highest BCUT2D eigenvalue weighted by Crippen LogP contribution is 2.32. The molecular formula is C16H25NO3. The zero-order valence-electron chi connectivity index (χ0n) is 12.8. The van der Waals surface area contributed by atoms with Gasteiger partial charge in [-0.2, -0.15) is 0 Å². The van der Waals surface area contributed by atoms with Gasteiger partial charge in [-0.25, -0.2) is 0 Å². The maximum absolute atomic E-state index is 10.1. The van der Waals surface area contributed by atoms with Crippen molar-refractivity contribution in [2.24, 2.45) is 0 Å². The van der Waals surface area contributed by atoms with Gasteiger partial charge in [0.2, 0.25) is 0 Å². The van der Waals surface area contributed by atoms with Crippen molar-refractivity contribution in [1.29, 1.82) is 0 Å². The van der Waals surface area contributed by atoms with Crippen molar-refractivity contribution in [1.82, 2.24) is 4.90 Å². The van der Waals surface area contributed by atoms with Gasteiger partial charge in [-0.05, 0) is 44.9 Å². The van der Waals surface area contributed by atoms with Crippen LogP contribution in [-0.2, 0) is 6.54 Å². The minimum atomic E-state index is -0.686. The van der Waals surface area contributed by atoms with E-state index in [1.165, 1.54) is 12.8 Å². The maximum Gasteiger partial charge on any atom is 0.123 e. The predicted octanol–water partition coefficient (Wildman–Crippen LogP) is 2.44. The Labute approximate surface area is 121 Å². The Morgan fingerprint density at radius 2 is 1.95 bits per heavy atom. The van der Waals surface area contributed by atoms with Crippen molar-refractivity contribution in [2.75, 3.05) is 20.8 Å². The van der Waals surface area contributed by atoms with Crippen LogP contribution < -0.4 is 9.47 Å². The first-order valence-corrected chi connectivity index (χ1v) is 7.10. The molecule has 0 heterocycles. The molecule has 0 atom stereocenters. The summed E-state index contributed by atoms with van der Waals surface area (Å²) in [6.07, 6.45) is 2.42. The number of rotatable bonds is 7. The van der Waals surface area contributed by atoms with E-state index in [-0.39, 0.29) is 0 Å². The number of aliphatic hydroxyl groups is 1. The quantitative estimate of drug-likeness (QED) is 0.832. The standard InChI is InChI=1S/C16H25NO3/c1-16(2,18)11-17(13-5-6-13)10-12-9-14(19-3)7-8-15(12)20-4/h7-9,13,18H,5-6,10-11H2,1-4H3. The molecule has 4 heteroatoms. The van der Waals surface area contributed by atoms with E-state index in [9.17, 15) is 5.11 Å². The number of hydrogen-bond acceptors (Lipinski definition) is 4. The van der Waals surface area contributed by atoms with Crippen molar-refractivity contribution in [2.45, 2.75) is 44.9 Å². The molecule has 0 unspecified atom stereocenters. The Kier molecular flexibility index (Phi) is 4.55. The third-order valence-electron chi connectivity index (χ3n) is 3.51. The molecule has 0 bridgehead atoms. The molecular weight excluding hydrogens is 254 g/mol. The number of methoxy groups -OCH3 is 2. The lowest BCUT2D eigenvalue weighted by Gasteiger charge is -2.29. The first kappa shape index (κ1) is 15.1. The SMILES string of the molecule is COc1ccc(OC)c(CN(CC(C)(C)O)C2CC2)c1. The highest BCUT2D eigenvalue weighted by molar-refractivity contribution is 5.40. The largest absolute Gasteiger partial charge is 0.497 e. The van der Waals surface area contributed by atoms with E-state index in [0.29, 0.717) is 12.6 Å². The van der Waals surface area contributed by atoms with Crippen molar-refractivity contribution >= 4 is 0 Å². The molecule has 1 aliphatic rings. The molecule has 0 amide bonds. The van der Waals surface area contributed by atoms with Crippen molar-refractivity contribution in [3.05, 3.63) is 23.8 Å². The Hall–Kier alpha value is -1.26. The molecule has 1 aromatic rings. The topological polar surface area (TPSA) is 41.9 Å². The van der Waals surface area contributed by atoms with Gasteiger partial charge < -0.3 is 14.6 Å². The van der Waals surface area contributed by atoms with Gasteiger partial charge in [0.15, 0.2) is 0 Å². The smallest absolute Gasteiger partial charge is 0.123 e. The van der Waals surface area contributed by atoms with Crippen LogP contribution >= 0.6 is 0 Å². The molecule has 1 fully saturated rings. The molecule has 0 aliphatic heterocycles. The molecule has 1 aromatic carbocycles. The van der Waals surface area contributed by atoms with Gasteiger partial charge in [0.25, 0.3) is 0 Å². The summed E-state index contributed by atoms with van der Waals surface area (Å²) in [6, 6.07) is 6.43. The average molecular weight is 279 g/mol. The Morgan fingerprint density at radius 3 is 2.45 bits per heavy atom. The molecule has 0 radical (unpaired) electrons. The lowest BCUT2D eigenvalue weighted by molar-refractivity contribution is 0.0302. The minimum absolute atomic E-state index is 0.581. The zero-order valence-corrected chi connectivity index (χ0v) is 12.8. The van der Waals surface area contributed by atoms with Crippen molar-refractivity contribution < 1.29 is 14.6 Å². The van der Waals surface area contributed by atoms with Crippen LogP contribution in [-0.4, -0.2) is 42.4 Å². The zero-order chi connectivity index (χ0) is 14.8. The van der Waals surface area contributed by atoms with Gasteiger partial charge in [-0.3, -0.25) is 4.90 Å². The summed E-state index contributed by atoms with van der Waals surface area (Å²) in [7, 11) is 3.35. The van der Waals surface area contributed by atoms with Crippen LogP contribution in [0, 0.1) is 0 Å². The van der Waals surface area contributed by atoms with E-state index in [1.54, 1.807) is 14.2 Å². The fourth-order valence-corrected chi connectivity index (χ4v) is 2.48. The van der Waals surface area contributed by atoms with Crippen LogP contribution in [0.1, 0.15) is 32.3 Å². The number of nitrogens with zero attached hydrogens (tertiary/aromatic N) is 1. The predicted molar refractivity (Wildman–Crippen MR) is 79.3 cm³/mol. The third-order valence-corrected chi connectivity index (χ3v) is 3.51. The summed E-state index contributed by atoms with van der Waals surface area (Å²) in [4.78, 5) is 2.33. The fourth-order valence-electron chi connectivity index (χ4n) is 2.48. The van der Waals surface area contributed by atoms with Gasteiger partial charge >= 0.3 is 0 Å². The summed E-state index contributed by atoms with van der Waals surface area (Å²) in [5.74, 6) is 1.70. The second-order valence-corrected chi connectivity index (χ2v) is 6.13. The number of benzene rings is 1. The molecule has 0 spiro atoms. The second-order valence-electron chi connectivity index (χ2n) is 6.13. The van der Waals surface area contributed by atoms with Gasteiger partial charge in [0.1, 0.15) is 11.5 Å².